The Labute approximate surface area is 224 Å². The maximum Gasteiger partial charge on any atom is 0.335 e. The number of carboxylic acid groups (broad SMARTS) is 1. The zero-order valence-electron chi connectivity index (χ0n) is 22.5. The molecule has 1 aromatic carbocycles. The number of ketones is 1. The van der Waals surface area contributed by atoms with Crippen molar-refractivity contribution in [3.63, 3.8) is 0 Å². The van der Waals surface area contributed by atoms with Crippen LogP contribution in [0, 0.1) is 28.6 Å². The molecule has 0 aromatic heterocycles. The Morgan fingerprint density at radius 1 is 0.974 bits per heavy atom. The second-order valence-electron chi connectivity index (χ2n) is 12.3. The molecule has 3 fully saturated rings. The maximum absolute atomic E-state index is 12.8. The summed E-state index contributed by atoms with van der Waals surface area (Å²) >= 11 is 0. The van der Waals surface area contributed by atoms with Crippen LogP contribution in [0.15, 0.2) is 35.9 Å². The van der Waals surface area contributed by atoms with Crippen molar-refractivity contribution in [2.45, 2.75) is 90.7 Å². The predicted octanol–water partition coefficient (Wildman–Crippen LogP) is 5.22. The number of hydrogen-bond donors (Lipinski definition) is 2. The highest BCUT2D eigenvalue weighted by atomic mass is 16.5. The molecule has 7 nitrogen and oxygen atoms in total. The maximum atomic E-state index is 12.8. The van der Waals surface area contributed by atoms with Crippen LogP contribution in [0.4, 0.5) is 0 Å². The SMILES string of the molecule is C[C@]12CC[C@@H]3[C@H](CCC4=CC(=O)CC[C@@]43C)[C@H]1CC[C@@H]2OC(=O)CCC(=O)NCc1ccc(C(=O)O)cc1. The Hall–Kier alpha value is -2.96. The van der Waals surface area contributed by atoms with E-state index in [1.165, 1.54) is 17.7 Å². The normalized spacial score (nSPS) is 33.8. The highest BCUT2D eigenvalue weighted by Crippen LogP contribution is 2.65. The van der Waals surface area contributed by atoms with Crippen molar-refractivity contribution >= 4 is 23.6 Å². The monoisotopic (exact) mass is 521 g/mol. The van der Waals surface area contributed by atoms with Gasteiger partial charge in [-0.15, -0.1) is 0 Å². The van der Waals surface area contributed by atoms with Crippen molar-refractivity contribution in [3.8, 4) is 0 Å². The number of esters is 1. The van der Waals surface area contributed by atoms with Gasteiger partial charge in [0.25, 0.3) is 0 Å². The van der Waals surface area contributed by atoms with Gasteiger partial charge in [-0.25, -0.2) is 4.79 Å². The Morgan fingerprint density at radius 3 is 2.47 bits per heavy atom. The predicted molar refractivity (Wildman–Crippen MR) is 141 cm³/mol. The second kappa shape index (κ2) is 10.3. The minimum atomic E-state index is -0.990. The van der Waals surface area contributed by atoms with Gasteiger partial charge >= 0.3 is 11.9 Å². The minimum Gasteiger partial charge on any atom is -0.478 e. The number of nitrogens with one attached hydrogen (secondary N) is 1. The Bertz CT molecular complexity index is 1160. The summed E-state index contributed by atoms with van der Waals surface area (Å²) in [5.41, 5.74) is 2.48. The first-order valence-corrected chi connectivity index (χ1v) is 14.1. The summed E-state index contributed by atoms with van der Waals surface area (Å²) < 4.78 is 6.03. The van der Waals surface area contributed by atoms with E-state index >= 15 is 0 Å². The lowest BCUT2D eigenvalue weighted by Gasteiger charge is -2.57. The second-order valence-corrected chi connectivity index (χ2v) is 12.3. The number of carbonyl (C=O) groups excluding carboxylic acids is 3. The van der Waals surface area contributed by atoms with Gasteiger partial charge in [0.15, 0.2) is 5.78 Å². The number of benzene rings is 1. The first-order chi connectivity index (χ1) is 18.1. The fourth-order valence-corrected chi connectivity index (χ4v) is 8.19. The third kappa shape index (κ3) is 4.92. The molecule has 4 aliphatic carbocycles. The molecule has 0 bridgehead atoms. The molecular weight excluding hydrogens is 482 g/mol. The third-order valence-electron chi connectivity index (χ3n) is 10.4. The summed E-state index contributed by atoms with van der Waals surface area (Å²) in [6.07, 6.45) is 9.83. The average molecular weight is 522 g/mol. The summed E-state index contributed by atoms with van der Waals surface area (Å²) in [6.45, 7) is 4.97. The van der Waals surface area contributed by atoms with E-state index in [1.807, 2.05) is 6.08 Å². The molecular formula is C31H39NO6. The Balaban J connectivity index is 1.12. The van der Waals surface area contributed by atoms with Crippen molar-refractivity contribution < 1.29 is 29.0 Å². The number of hydrogen-bond acceptors (Lipinski definition) is 5. The molecule has 6 atom stereocenters. The van der Waals surface area contributed by atoms with Crippen molar-refractivity contribution in [2.24, 2.45) is 28.6 Å². The summed E-state index contributed by atoms with van der Waals surface area (Å²) in [5.74, 6) is 0.501. The van der Waals surface area contributed by atoms with Gasteiger partial charge in [-0.1, -0.05) is 31.6 Å². The van der Waals surface area contributed by atoms with Crippen LogP contribution in [0.1, 0.15) is 94.0 Å². The lowest BCUT2D eigenvalue weighted by Crippen LogP contribution is -2.51. The summed E-state index contributed by atoms with van der Waals surface area (Å²) in [4.78, 5) is 48.1. The number of fused-ring (bicyclic) bond motifs is 5. The molecule has 2 N–H and O–H groups in total. The molecule has 0 heterocycles. The van der Waals surface area contributed by atoms with E-state index in [0.29, 0.717) is 24.2 Å². The molecule has 0 spiro atoms. The van der Waals surface area contributed by atoms with Crippen molar-refractivity contribution in [2.75, 3.05) is 0 Å². The number of aromatic carboxylic acids is 1. The number of ether oxygens (including phenoxy) is 1. The van der Waals surface area contributed by atoms with Crippen LogP contribution in [-0.4, -0.2) is 34.8 Å². The van der Waals surface area contributed by atoms with E-state index in [0.717, 1.165) is 50.5 Å². The molecule has 4 aliphatic rings. The summed E-state index contributed by atoms with van der Waals surface area (Å²) in [7, 11) is 0. The zero-order valence-corrected chi connectivity index (χ0v) is 22.5. The number of allylic oxidation sites excluding steroid dienone is 1. The van der Waals surface area contributed by atoms with E-state index in [9.17, 15) is 19.2 Å². The number of carbonyl (C=O) groups is 4. The molecule has 1 amide bonds. The summed E-state index contributed by atoms with van der Waals surface area (Å²) in [5, 5.41) is 11.8. The van der Waals surface area contributed by atoms with Crippen LogP contribution in [0.2, 0.25) is 0 Å². The van der Waals surface area contributed by atoms with Crippen LogP contribution < -0.4 is 5.32 Å². The van der Waals surface area contributed by atoms with Gasteiger partial charge in [-0.2, -0.15) is 0 Å². The van der Waals surface area contributed by atoms with E-state index in [-0.39, 0.29) is 59.5 Å². The fraction of sp³-hybridized carbons (Fsp3) is 0.613. The van der Waals surface area contributed by atoms with E-state index < -0.39 is 5.97 Å². The lowest BCUT2D eigenvalue weighted by molar-refractivity contribution is -0.160. The van der Waals surface area contributed by atoms with Gasteiger partial charge in [0.2, 0.25) is 5.91 Å². The Morgan fingerprint density at radius 2 is 1.74 bits per heavy atom. The molecule has 5 rings (SSSR count). The Kier molecular flexibility index (Phi) is 7.23. The average Bonchev–Trinajstić information content (AvgIpc) is 3.22. The smallest absolute Gasteiger partial charge is 0.335 e. The molecule has 0 unspecified atom stereocenters. The summed E-state index contributed by atoms with van der Waals surface area (Å²) in [6, 6.07) is 6.34. The van der Waals surface area contributed by atoms with Gasteiger partial charge < -0.3 is 15.2 Å². The lowest BCUT2D eigenvalue weighted by atomic mass is 9.47. The minimum absolute atomic E-state index is 0.0245. The van der Waals surface area contributed by atoms with Gasteiger partial charge in [-0.3, -0.25) is 14.4 Å². The molecule has 0 radical (unpaired) electrons. The van der Waals surface area contributed by atoms with Crippen molar-refractivity contribution in [3.05, 3.63) is 47.0 Å². The van der Waals surface area contributed by atoms with Crippen LogP contribution in [0.5, 0.6) is 0 Å². The number of amides is 1. The van der Waals surface area contributed by atoms with Gasteiger partial charge in [0, 0.05) is 24.8 Å². The molecule has 7 heteroatoms. The number of rotatable bonds is 7. The first kappa shape index (κ1) is 26.6. The van der Waals surface area contributed by atoms with Gasteiger partial charge in [0.05, 0.1) is 12.0 Å². The van der Waals surface area contributed by atoms with Crippen molar-refractivity contribution in [1.29, 1.82) is 0 Å². The quantitative estimate of drug-likeness (QED) is 0.476. The molecule has 38 heavy (non-hydrogen) atoms. The van der Waals surface area contributed by atoms with Crippen LogP contribution >= 0.6 is 0 Å². The van der Waals surface area contributed by atoms with Crippen LogP contribution in [-0.2, 0) is 25.7 Å². The highest BCUT2D eigenvalue weighted by molar-refractivity contribution is 5.91. The topological polar surface area (TPSA) is 110 Å². The molecule has 1 aromatic rings. The van der Waals surface area contributed by atoms with E-state index in [2.05, 4.69) is 19.2 Å². The van der Waals surface area contributed by atoms with Gasteiger partial charge in [-0.05, 0) is 91.9 Å². The standard InChI is InChI=1S/C31H39NO6/c1-30-15-13-22(33)17-21(30)7-8-23-24-9-10-26(31(24,2)16-14-25(23)30)38-28(35)12-11-27(34)32-18-19-3-5-20(6-4-19)29(36)37/h3-6,17,23-26H,7-16,18H2,1-2H3,(H,32,34)(H,36,37)/t23-,24-,25-,26+,30+,31+/m1/s1. The molecule has 204 valence electrons. The highest BCUT2D eigenvalue weighted by Gasteiger charge is 2.59. The van der Waals surface area contributed by atoms with Crippen molar-refractivity contribution in [1.82, 2.24) is 5.32 Å². The molecule has 0 saturated heterocycles. The van der Waals surface area contributed by atoms with E-state index in [1.54, 1.807) is 12.1 Å². The number of carboxylic acids is 1. The molecule has 3 saturated carbocycles. The molecule has 0 aliphatic heterocycles. The third-order valence-corrected chi connectivity index (χ3v) is 10.4. The first-order valence-electron chi connectivity index (χ1n) is 14.1. The van der Waals surface area contributed by atoms with E-state index in [4.69, 9.17) is 9.84 Å². The largest absolute Gasteiger partial charge is 0.478 e. The van der Waals surface area contributed by atoms with Crippen LogP contribution in [0.25, 0.3) is 0 Å². The fourth-order valence-electron chi connectivity index (χ4n) is 8.19. The van der Waals surface area contributed by atoms with Gasteiger partial charge in [0.1, 0.15) is 6.10 Å². The van der Waals surface area contributed by atoms with Crippen LogP contribution in [0.3, 0.4) is 0 Å². The zero-order chi connectivity index (χ0) is 27.1.